The second-order valence-corrected chi connectivity index (χ2v) is 5.53. The molecule has 0 radical (unpaired) electrons. The Morgan fingerprint density at radius 1 is 1.32 bits per heavy atom. The second-order valence-electron chi connectivity index (χ2n) is 5.53. The molecule has 4 nitrogen and oxygen atoms in total. The smallest absolute Gasteiger partial charge is 0.416 e. The van der Waals surface area contributed by atoms with Crippen molar-refractivity contribution in [3.05, 3.63) is 47.2 Å². The van der Waals surface area contributed by atoms with Crippen LogP contribution in [0, 0.1) is 12.8 Å². The molecule has 1 heterocycles. The summed E-state index contributed by atoms with van der Waals surface area (Å²) in [5.74, 6) is 1.27. The topological polar surface area (TPSA) is 51.0 Å². The van der Waals surface area contributed by atoms with E-state index < -0.39 is 11.7 Å². The maximum atomic E-state index is 12.8. The van der Waals surface area contributed by atoms with Crippen molar-refractivity contribution in [2.75, 3.05) is 0 Å². The Labute approximate surface area is 125 Å². The Bertz CT molecular complexity index is 649. The van der Waals surface area contributed by atoms with Gasteiger partial charge in [-0.3, -0.25) is 0 Å². The summed E-state index contributed by atoms with van der Waals surface area (Å²) in [5, 5.41) is 10.9. The van der Waals surface area contributed by atoms with Crippen LogP contribution in [-0.2, 0) is 12.7 Å². The molecule has 3 rings (SSSR count). The summed E-state index contributed by atoms with van der Waals surface area (Å²) in [5.41, 5.74) is 0.0275. The van der Waals surface area contributed by atoms with Crippen molar-refractivity contribution < 1.29 is 17.6 Å². The van der Waals surface area contributed by atoms with Crippen LogP contribution in [0.2, 0.25) is 0 Å². The molecule has 1 aromatic heterocycles. The number of alkyl halides is 3. The predicted octanol–water partition coefficient (Wildman–Crippen LogP) is 3.64. The van der Waals surface area contributed by atoms with Crippen molar-refractivity contribution in [3.63, 3.8) is 0 Å². The van der Waals surface area contributed by atoms with Gasteiger partial charge >= 0.3 is 6.18 Å². The number of nitrogens with one attached hydrogen (secondary N) is 1. The summed E-state index contributed by atoms with van der Waals surface area (Å²) in [4.78, 5) is 0. The number of hydrogen-bond donors (Lipinski definition) is 1. The molecule has 7 heteroatoms. The van der Waals surface area contributed by atoms with Crippen LogP contribution in [0.3, 0.4) is 0 Å². The van der Waals surface area contributed by atoms with Crippen molar-refractivity contribution in [3.8, 4) is 0 Å². The SMILES string of the molecule is Cc1nnc(CN[C@@H](c2cccc(C(F)(F)F)c2)C2CC2)o1. The third kappa shape index (κ3) is 3.47. The number of aryl methyl sites for hydroxylation is 1. The zero-order valence-corrected chi connectivity index (χ0v) is 12.0. The maximum Gasteiger partial charge on any atom is 0.416 e. The van der Waals surface area contributed by atoms with Crippen LogP contribution < -0.4 is 5.32 Å². The molecule has 0 bridgehead atoms. The lowest BCUT2D eigenvalue weighted by molar-refractivity contribution is -0.137. The fourth-order valence-electron chi connectivity index (χ4n) is 2.50. The van der Waals surface area contributed by atoms with Crippen LogP contribution in [-0.4, -0.2) is 10.2 Å². The van der Waals surface area contributed by atoms with Gasteiger partial charge < -0.3 is 9.73 Å². The lowest BCUT2D eigenvalue weighted by Crippen LogP contribution is -2.23. The van der Waals surface area contributed by atoms with Gasteiger partial charge in [-0.2, -0.15) is 13.2 Å². The molecule has 118 valence electrons. The summed E-state index contributed by atoms with van der Waals surface area (Å²) in [7, 11) is 0. The van der Waals surface area contributed by atoms with Crippen molar-refractivity contribution in [1.29, 1.82) is 0 Å². The Kier molecular flexibility index (Phi) is 3.90. The van der Waals surface area contributed by atoms with Gasteiger partial charge in [-0.05, 0) is 36.5 Å². The second kappa shape index (κ2) is 5.72. The molecular formula is C15H16F3N3O. The van der Waals surface area contributed by atoms with Crippen LogP contribution >= 0.6 is 0 Å². The number of halogens is 3. The van der Waals surface area contributed by atoms with Gasteiger partial charge in [0.05, 0.1) is 12.1 Å². The molecule has 1 aliphatic carbocycles. The highest BCUT2D eigenvalue weighted by molar-refractivity contribution is 5.29. The molecule has 1 atom stereocenters. The number of benzene rings is 1. The van der Waals surface area contributed by atoms with E-state index in [-0.39, 0.29) is 6.04 Å². The minimum Gasteiger partial charge on any atom is -0.424 e. The lowest BCUT2D eigenvalue weighted by atomic mass is 10.00. The number of nitrogens with zero attached hydrogens (tertiary/aromatic N) is 2. The molecule has 0 spiro atoms. The molecule has 0 amide bonds. The first-order chi connectivity index (χ1) is 10.4. The highest BCUT2D eigenvalue weighted by Crippen LogP contribution is 2.42. The highest BCUT2D eigenvalue weighted by atomic mass is 19.4. The van der Waals surface area contributed by atoms with E-state index >= 15 is 0 Å². The summed E-state index contributed by atoms with van der Waals surface area (Å²) in [6, 6.07) is 5.36. The van der Waals surface area contributed by atoms with E-state index in [4.69, 9.17) is 4.42 Å². The quantitative estimate of drug-likeness (QED) is 0.916. The van der Waals surface area contributed by atoms with Crippen molar-refractivity contribution >= 4 is 0 Å². The normalized spacial score (nSPS) is 16.7. The maximum absolute atomic E-state index is 12.8. The van der Waals surface area contributed by atoms with Gasteiger partial charge in [-0.1, -0.05) is 12.1 Å². The minimum atomic E-state index is -4.33. The van der Waals surface area contributed by atoms with Crippen LogP contribution in [0.25, 0.3) is 0 Å². The summed E-state index contributed by atoms with van der Waals surface area (Å²) in [6.07, 6.45) is -2.30. The first-order valence-electron chi connectivity index (χ1n) is 7.13. The molecular weight excluding hydrogens is 295 g/mol. The zero-order valence-electron chi connectivity index (χ0n) is 12.0. The van der Waals surface area contributed by atoms with Crippen molar-refractivity contribution in [2.24, 2.45) is 5.92 Å². The first-order valence-corrected chi connectivity index (χ1v) is 7.13. The van der Waals surface area contributed by atoms with Gasteiger partial charge in [0.15, 0.2) is 0 Å². The molecule has 1 saturated carbocycles. The molecule has 22 heavy (non-hydrogen) atoms. The van der Waals surface area contributed by atoms with Gasteiger partial charge in [-0.25, -0.2) is 0 Å². The van der Waals surface area contributed by atoms with E-state index in [1.54, 1.807) is 13.0 Å². The van der Waals surface area contributed by atoms with Crippen molar-refractivity contribution in [1.82, 2.24) is 15.5 Å². The van der Waals surface area contributed by atoms with Crippen LogP contribution in [0.5, 0.6) is 0 Å². The fraction of sp³-hybridized carbons (Fsp3) is 0.467. The Morgan fingerprint density at radius 2 is 2.09 bits per heavy atom. The van der Waals surface area contributed by atoms with E-state index in [9.17, 15) is 13.2 Å². The molecule has 1 aliphatic rings. The average molecular weight is 311 g/mol. The van der Waals surface area contributed by atoms with Crippen LogP contribution in [0.1, 0.15) is 41.8 Å². The Balaban J connectivity index is 1.76. The van der Waals surface area contributed by atoms with E-state index in [0.717, 1.165) is 18.9 Å². The van der Waals surface area contributed by atoms with E-state index in [1.807, 2.05) is 0 Å². The van der Waals surface area contributed by atoms with E-state index in [1.165, 1.54) is 12.1 Å². The summed E-state index contributed by atoms with van der Waals surface area (Å²) in [6.45, 7) is 2.04. The highest BCUT2D eigenvalue weighted by Gasteiger charge is 2.35. The first kappa shape index (κ1) is 15.0. The zero-order chi connectivity index (χ0) is 15.7. The van der Waals surface area contributed by atoms with E-state index in [2.05, 4.69) is 15.5 Å². The fourth-order valence-corrected chi connectivity index (χ4v) is 2.50. The average Bonchev–Trinajstić information content (AvgIpc) is 3.21. The summed E-state index contributed by atoms with van der Waals surface area (Å²) >= 11 is 0. The molecule has 2 aromatic rings. The number of hydrogen-bond acceptors (Lipinski definition) is 4. The standard InChI is InChI=1S/C15H16F3N3O/c1-9-20-21-13(22-9)8-19-14(10-5-6-10)11-3-2-4-12(7-11)15(16,17)18/h2-4,7,10,14,19H,5-6,8H2,1H3/t14-/m1/s1. The largest absolute Gasteiger partial charge is 0.424 e. The van der Waals surface area contributed by atoms with Gasteiger partial charge in [0.25, 0.3) is 0 Å². The molecule has 0 saturated heterocycles. The molecule has 0 aliphatic heterocycles. The van der Waals surface area contributed by atoms with Gasteiger partial charge in [0.1, 0.15) is 0 Å². The van der Waals surface area contributed by atoms with Gasteiger partial charge in [0, 0.05) is 13.0 Å². The number of aromatic nitrogens is 2. The molecule has 1 fully saturated rings. The minimum absolute atomic E-state index is 0.130. The molecule has 1 aromatic carbocycles. The molecule has 1 N–H and O–H groups in total. The lowest BCUT2D eigenvalue weighted by Gasteiger charge is -2.19. The third-order valence-corrected chi connectivity index (χ3v) is 3.71. The van der Waals surface area contributed by atoms with E-state index in [0.29, 0.717) is 29.8 Å². The summed E-state index contributed by atoms with van der Waals surface area (Å²) < 4.78 is 43.8. The van der Waals surface area contributed by atoms with Crippen LogP contribution in [0.4, 0.5) is 13.2 Å². The molecule has 0 unspecified atom stereocenters. The third-order valence-electron chi connectivity index (χ3n) is 3.71. The monoisotopic (exact) mass is 311 g/mol. The number of rotatable bonds is 5. The van der Waals surface area contributed by atoms with Gasteiger partial charge in [0.2, 0.25) is 11.8 Å². The van der Waals surface area contributed by atoms with Gasteiger partial charge in [-0.15, -0.1) is 10.2 Å². The predicted molar refractivity (Wildman–Crippen MR) is 72.8 cm³/mol. The Hall–Kier alpha value is -1.89. The van der Waals surface area contributed by atoms with Crippen LogP contribution in [0.15, 0.2) is 28.7 Å². The Morgan fingerprint density at radius 3 is 2.68 bits per heavy atom. The van der Waals surface area contributed by atoms with Crippen molar-refractivity contribution in [2.45, 2.75) is 38.5 Å².